The van der Waals surface area contributed by atoms with E-state index in [1.54, 1.807) is 4.90 Å². The van der Waals surface area contributed by atoms with Crippen molar-refractivity contribution in [1.82, 2.24) is 4.90 Å². The van der Waals surface area contributed by atoms with Crippen LogP contribution in [-0.2, 0) is 0 Å². The molecular formula is C16H18FNO3. The molecule has 5 heteroatoms. The molecule has 1 amide bonds. The van der Waals surface area contributed by atoms with Crippen LogP contribution in [0.15, 0.2) is 18.2 Å². The predicted octanol–water partition coefficient (Wildman–Crippen LogP) is 1.16. The van der Waals surface area contributed by atoms with Crippen LogP contribution in [0.1, 0.15) is 35.2 Å². The van der Waals surface area contributed by atoms with Crippen molar-refractivity contribution >= 4 is 5.91 Å². The van der Waals surface area contributed by atoms with Crippen molar-refractivity contribution < 1.29 is 19.4 Å². The number of piperidine rings is 1. The lowest BCUT2D eigenvalue weighted by Gasteiger charge is -2.29. The lowest BCUT2D eigenvalue weighted by atomic mass is 10.0. The van der Waals surface area contributed by atoms with Crippen LogP contribution in [-0.4, -0.2) is 46.8 Å². The van der Waals surface area contributed by atoms with Gasteiger partial charge in [0.1, 0.15) is 5.82 Å². The van der Waals surface area contributed by atoms with E-state index in [1.165, 1.54) is 18.2 Å². The largest absolute Gasteiger partial charge is 0.395 e. The number of hydrogen-bond acceptors (Lipinski definition) is 3. The highest BCUT2D eigenvalue weighted by Crippen LogP contribution is 2.17. The van der Waals surface area contributed by atoms with Crippen molar-refractivity contribution in [2.45, 2.75) is 25.4 Å². The summed E-state index contributed by atoms with van der Waals surface area (Å²) in [6.45, 7) is 0.829. The van der Waals surface area contributed by atoms with Gasteiger partial charge in [-0.3, -0.25) is 4.79 Å². The highest BCUT2D eigenvalue weighted by Gasteiger charge is 2.24. The Morgan fingerprint density at radius 3 is 2.76 bits per heavy atom. The van der Waals surface area contributed by atoms with Crippen molar-refractivity contribution in [3.8, 4) is 11.8 Å². The summed E-state index contributed by atoms with van der Waals surface area (Å²) in [6.07, 6.45) is 0.992. The normalized spacial score (nSPS) is 15.5. The Bertz CT molecular complexity index is 569. The second-order valence-corrected chi connectivity index (χ2v) is 4.99. The monoisotopic (exact) mass is 291 g/mol. The Hall–Kier alpha value is -1.90. The van der Waals surface area contributed by atoms with Crippen LogP contribution >= 0.6 is 0 Å². The molecule has 2 N–H and O–H groups in total. The standard InChI is InChI=1S/C16H18FNO3/c17-15-5-4-12(3-1-2-10-19)11-14(15)16(21)18-8-6-13(20)7-9-18/h4-5,11,13,19-20H,2,6-10H2. The Kier molecular flexibility index (Phi) is 5.32. The number of halogens is 1. The maximum Gasteiger partial charge on any atom is 0.256 e. The molecule has 1 fully saturated rings. The fourth-order valence-electron chi connectivity index (χ4n) is 2.23. The number of aliphatic hydroxyl groups is 2. The third kappa shape index (κ3) is 4.03. The summed E-state index contributed by atoms with van der Waals surface area (Å²) in [5, 5.41) is 18.1. The molecule has 1 aromatic carbocycles. The average molecular weight is 291 g/mol. The summed E-state index contributed by atoms with van der Waals surface area (Å²) in [5.74, 6) is 4.59. The SMILES string of the molecule is O=C(c1cc(C#CCCO)ccc1F)N1CCC(O)CC1. The lowest BCUT2D eigenvalue weighted by molar-refractivity contribution is 0.0542. The van der Waals surface area contributed by atoms with Gasteiger partial charge in [-0.25, -0.2) is 4.39 Å². The predicted molar refractivity (Wildman–Crippen MR) is 76.1 cm³/mol. The highest BCUT2D eigenvalue weighted by molar-refractivity contribution is 5.95. The zero-order valence-corrected chi connectivity index (χ0v) is 11.7. The Morgan fingerprint density at radius 2 is 2.10 bits per heavy atom. The molecule has 112 valence electrons. The van der Waals surface area contributed by atoms with E-state index in [0.717, 1.165) is 0 Å². The summed E-state index contributed by atoms with van der Waals surface area (Å²) in [5.41, 5.74) is 0.549. The van der Waals surface area contributed by atoms with Crippen molar-refractivity contribution in [3.05, 3.63) is 35.1 Å². The molecule has 1 aromatic rings. The van der Waals surface area contributed by atoms with Gasteiger partial charge in [0.25, 0.3) is 5.91 Å². The smallest absolute Gasteiger partial charge is 0.256 e. The Morgan fingerprint density at radius 1 is 1.38 bits per heavy atom. The number of amides is 1. The molecule has 0 unspecified atom stereocenters. The van der Waals surface area contributed by atoms with Gasteiger partial charge in [-0.05, 0) is 31.0 Å². The molecule has 4 nitrogen and oxygen atoms in total. The third-order valence-electron chi connectivity index (χ3n) is 3.42. The molecule has 0 bridgehead atoms. The zero-order valence-electron chi connectivity index (χ0n) is 11.7. The molecule has 1 aliphatic rings. The molecule has 21 heavy (non-hydrogen) atoms. The molecule has 0 spiro atoms. The Balaban J connectivity index is 2.16. The van der Waals surface area contributed by atoms with Crippen LogP contribution in [0.2, 0.25) is 0 Å². The van der Waals surface area contributed by atoms with E-state index >= 15 is 0 Å². The van der Waals surface area contributed by atoms with Crippen LogP contribution in [0, 0.1) is 17.7 Å². The lowest BCUT2D eigenvalue weighted by Crippen LogP contribution is -2.40. The van der Waals surface area contributed by atoms with Gasteiger partial charge in [0.2, 0.25) is 0 Å². The molecule has 1 aliphatic heterocycles. The number of rotatable bonds is 2. The fraction of sp³-hybridized carbons (Fsp3) is 0.438. The minimum Gasteiger partial charge on any atom is -0.395 e. The van der Waals surface area contributed by atoms with E-state index in [1.807, 2.05) is 0 Å². The first-order chi connectivity index (χ1) is 10.1. The molecule has 0 aliphatic carbocycles. The number of likely N-dealkylation sites (tertiary alicyclic amines) is 1. The minimum atomic E-state index is -0.571. The van der Waals surface area contributed by atoms with Crippen molar-refractivity contribution in [3.63, 3.8) is 0 Å². The summed E-state index contributed by atoms with van der Waals surface area (Å²) in [4.78, 5) is 13.9. The van der Waals surface area contributed by atoms with Crippen molar-refractivity contribution in [2.24, 2.45) is 0 Å². The van der Waals surface area contributed by atoms with Crippen molar-refractivity contribution in [2.75, 3.05) is 19.7 Å². The molecule has 1 heterocycles. The molecule has 0 saturated carbocycles. The number of carbonyl (C=O) groups excluding carboxylic acids is 1. The fourth-order valence-corrected chi connectivity index (χ4v) is 2.23. The van der Waals surface area contributed by atoms with E-state index in [-0.39, 0.29) is 24.2 Å². The summed E-state index contributed by atoms with van der Waals surface area (Å²) < 4.78 is 13.9. The van der Waals surface area contributed by atoms with E-state index in [2.05, 4.69) is 11.8 Å². The number of nitrogens with zero attached hydrogens (tertiary/aromatic N) is 1. The first kappa shape index (κ1) is 15.5. The van der Waals surface area contributed by atoms with Crippen LogP contribution in [0.4, 0.5) is 4.39 Å². The van der Waals surface area contributed by atoms with Crippen LogP contribution < -0.4 is 0 Å². The van der Waals surface area contributed by atoms with Crippen LogP contribution in [0.25, 0.3) is 0 Å². The third-order valence-corrected chi connectivity index (χ3v) is 3.42. The molecule has 2 rings (SSSR count). The first-order valence-electron chi connectivity index (χ1n) is 6.98. The summed E-state index contributed by atoms with van der Waals surface area (Å²) in [6, 6.07) is 4.18. The van der Waals surface area contributed by atoms with Gasteiger partial charge < -0.3 is 15.1 Å². The number of benzene rings is 1. The van der Waals surface area contributed by atoms with Gasteiger partial charge in [0, 0.05) is 25.1 Å². The molecular weight excluding hydrogens is 273 g/mol. The first-order valence-corrected chi connectivity index (χ1v) is 6.98. The maximum atomic E-state index is 13.9. The minimum absolute atomic E-state index is 0.00203. The number of aliphatic hydroxyl groups excluding tert-OH is 2. The van der Waals surface area contributed by atoms with Gasteiger partial charge in [-0.15, -0.1) is 0 Å². The van der Waals surface area contributed by atoms with E-state index in [9.17, 15) is 14.3 Å². The molecule has 1 saturated heterocycles. The average Bonchev–Trinajstić information content (AvgIpc) is 2.49. The molecule has 0 aromatic heterocycles. The van der Waals surface area contributed by atoms with Crippen LogP contribution in [0.3, 0.4) is 0 Å². The number of hydrogen-bond donors (Lipinski definition) is 2. The van der Waals surface area contributed by atoms with E-state index in [4.69, 9.17) is 5.11 Å². The topological polar surface area (TPSA) is 60.8 Å². The summed E-state index contributed by atoms with van der Waals surface area (Å²) in [7, 11) is 0. The van der Waals surface area contributed by atoms with E-state index in [0.29, 0.717) is 37.9 Å². The van der Waals surface area contributed by atoms with Gasteiger partial charge in [0.05, 0.1) is 18.3 Å². The quantitative estimate of drug-likeness (QED) is 0.804. The van der Waals surface area contributed by atoms with Gasteiger partial charge in [-0.2, -0.15) is 0 Å². The molecule has 0 atom stereocenters. The maximum absolute atomic E-state index is 13.9. The van der Waals surface area contributed by atoms with Crippen molar-refractivity contribution in [1.29, 1.82) is 0 Å². The van der Waals surface area contributed by atoms with Gasteiger partial charge in [-0.1, -0.05) is 11.8 Å². The Labute approximate surface area is 123 Å². The zero-order chi connectivity index (χ0) is 15.2. The summed E-state index contributed by atoms with van der Waals surface area (Å²) >= 11 is 0. The second-order valence-electron chi connectivity index (χ2n) is 4.99. The van der Waals surface area contributed by atoms with Gasteiger partial charge in [0.15, 0.2) is 0 Å². The highest BCUT2D eigenvalue weighted by atomic mass is 19.1. The van der Waals surface area contributed by atoms with E-state index < -0.39 is 5.82 Å². The molecule has 0 radical (unpaired) electrons. The van der Waals surface area contributed by atoms with Crippen LogP contribution in [0.5, 0.6) is 0 Å². The second kappa shape index (κ2) is 7.21. The number of carbonyl (C=O) groups is 1. The van der Waals surface area contributed by atoms with Gasteiger partial charge >= 0.3 is 0 Å².